The number of ether oxygens (including phenoxy) is 1. The van der Waals surface area contributed by atoms with Gasteiger partial charge in [0.25, 0.3) is 5.91 Å². The Morgan fingerprint density at radius 1 is 1.41 bits per heavy atom. The Bertz CT molecular complexity index is 605. The second-order valence-corrected chi connectivity index (χ2v) is 6.94. The molecule has 1 N–H and O–H groups in total. The summed E-state index contributed by atoms with van der Waals surface area (Å²) >= 11 is 1.64. The van der Waals surface area contributed by atoms with Crippen molar-refractivity contribution in [1.29, 1.82) is 0 Å². The Balaban J connectivity index is 1.85. The van der Waals surface area contributed by atoms with Crippen LogP contribution in [0.15, 0.2) is 23.1 Å². The molecule has 0 bridgehead atoms. The minimum atomic E-state index is -0.00561. The molecule has 118 valence electrons. The number of nitrogens with zero attached hydrogens (tertiary/aromatic N) is 1. The van der Waals surface area contributed by atoms with Crippen molar-refractivity contribution in [2.75, 3.05) is 24.2 Å². The maximum absolute atomic E-state index is 12.8. The zero-order valence-corrected chi connectivity index (χ0v) is 13.6. The molecule has 1 saturated heterocycles. The molecule has 22 heavy (non-hydrogen) atoms. The van der Waals surface area contributed by atoms with Crippen molar-refractivity contribution < 1.29 is 14.3 Å². The fourth-order valence-electron chi connectivity index (χ4n) is 2.70. The van der Waals surface area contributed by atoms with Gasteiger partial charge in [0.2, 0.25) is 5.91 Å². The maximum atomic E-state index is 12.8. The summed E-state index contributed by atoms with van der Waals surface area (Å²) in [6.07, 6.45) is 0.553. The van der Waals surface area contributed by atoms with E-state index in [1.54, 1.807) is 17.8 Å². The van der Waals surface area contributed by atoms with Crippen LogP contribution in [0.5, 0.6) is 0 Å². The first-order valence-electron chi connectivity index (χ1n) is 7.54. The van der Waals surface area contributed by atoms with Gasteiger partial charge in [-0.1, -0.05) is 0 Å². The lowest BCUT2D eigenvalue weighted by atomic mass is 10.1. The number of hydrogen-bond acceptors (Lipinski definition) is 4. The quantitative estimate of drug-likeness (QED) is 0.863. The number of fused-ring (bicyclic) bond motifs is 1. The molecule has 2 aliphatic heterocycles. The van der Waals surface area contributed by atoms with Crippen LogP contribution in [0.25, 0.3) is 0 Å². The molecule has 2 heterocycles. The first-order valence-corrected chi connectivity index (χ1v) is 8.52. The predicted octanol–water partition coefficient (Wildman–Crippen LogP) is 2.37. The summed E-state index contributed by atoms with van der Waals surface area (Å²) in [5, 5.41) is 2.89. The van der Waals surface area contributed by atoms with E-state index in [2.05, 4.69) is 5.32 Å². The predicted molar refractivity (Wildman–Crippen MR) is 86.3 cm³/mol. The van der Waals surface area contributed by atoms with E-state index in [1.165, 1.54) is 0 Å². The molecule has 0 spiro atoms. The lowest BCUT2D eigenvalue weighted by Crippen LogP contribution is -2.50. The number of nitrogens with one attached hydrogen (secondary N) is 1. The van der Waals surface area contributed by atoms with E-state index in [9.17, 15) is 9.59 Å². The van der Waals surface area contributed by atoms with Crippen LogP contribution < -0.4 is 5.32 Å². The summed E-state index contributed by atoms with van der Waals surface area (Å²) in [6.45, 7) is 5.12. The van der Waals surface area contributed by atoms with Crippen LogP contribution in [0, 0.1) is 0 Å². The van der Waals surface area contributed by atoms with Crippen LogP contribution in [-0.2, 0) is 9.53 Å². The molecule has 0 aliphatic carbocycles. The summed E-state index contributed by atoms with van der Waals surface area (Å²) in [7, 11) is 0. The van der Waals surface area contributed by atoms with Crippen LogP contribution in [-0.4, -0.2) is 47.8 Å². The largest absolute Gasteiger partial charge is 0.375 e. The molecular formula is C16H20N2O3S. The zero-order chi connectivity index (χ0) is 15.7. The molecule has 2 amide bonds. The summed E-state index contributed by atoms with van der Waals surface area (Å²) < 4.78 is 5.57. The molecule has 1 aromatic rings. The topological polar surface area (TPSA) is 58.6 Å². The van der Waals surface area contributed by atoms with Crippen molar-refractivity contribution in [1.82, 2.24) is 4.90 Å². The van der Waals surface area contributed by atoms with E-state index >= 15 is 0 Å². The summed E-state index contributed by atoms with van der Waals surface area (Å²) in [5.74, 6) is 0.766. The number of thioether (sulfide) groups is 1. The molecular weight excluding hydrogens is 300 g/mol. The smallest absolute Gasteiger partial charge is 0.254 e. The van der Waals surface area contributed by atoms with Crippen LogP contribution in [0.4, 0.5) is 5.69 Å². The normalized spacial score (nSPS) is 25.2. The minimum absolute atomic E-state index is 0.00390. The lowest BCUT2D eigenvalue weighted by Gasteiger charge is -2.37. The first-order chi connectivity index (χ1) is 10.5. The van der Waals surface area contributed by atoms with Crippen LogP contribution in [0.2, 0.25) is 0 Å². The highest BCUT2D eigenvalue weighted by molar-refractivity contribution is 7.99. The Kier molecular flexibility index (Phi) is 4.40. The average Bonchev–Trinajstić information content (AvgIpc) is 2.68. The van der Waals surface area contributed by atoms with Gasteiger partial charge in [-0.25, -0.2) is 0 Å². The van der Waals surface area contributed by atoms with Gasteiger partial charge in [-0.05, 0) is 32.0 Å². The van der Waals surface area contributed by atoms with Gasteiger partial charge in [-0.3, -0.25) is 9.59 Å². The highest BCUT2D eigenvalue weighted by Crippen LogP contribution is 2.32. The fraction of sp³-hybridized carbons (Fsp3) is 0.500. The maximum Gasteiger partial charge on any atom is 0.254 e. The standard InChI is InChI=1S/C16H20N2O3S/c1-10-9-21-11(2)8-18(10)16(20)12-3-4-14-13(7-12)17-15(19)5-6-22-14/h3-4,7,10-11H,5-6,8-9H2,1-2H3,(H,17,19)/t10-,11+/m1/s1. The number of hydrogen-bond donors (Lipinski definition) is 1. The summed E-state index contributed by atoms with van der Waals surface area (Å²) in [4.78, 5) is 27.3. The zero-order valence-electron chi connectivity index (χ0n) is 12.8. The van der Waals surface area contributed by atoms with Gasteiger partial charge in [0.05, 0.1) is 24.4 Å². The molecule has 2 atom stereocenters. The Morgan fingerprint density at radius 3 is 3.05 bits per heavy atom. The van der Waals surface area contributed by atoms with Gasteiger partial charge in [0.1, 0.15) is 0 Å². The van der Waals surface area contributed by atoms with Crippen LogP contribution >= 0.6 is 11.8 Å². The number of morpholine rings is 1. The SMILES string of the molecule is C[C@@H]1CO[C@@H](C)CN1C(=O)c1ccc2c(c1)NC(=O)CCS2. The van der Waals surface area contributed by atoms with Crippen molar-refractivity contribution in [3.05, 3.63) is 23.8 Å². The third-order valence-corrected chi connectivity index (χ3v) is 5.03. The molecule has 0 aromatic heterocycles. The van der Waals surface area contributed by atoms with Crippen molar-refractivity contribution in [3.8, 4) is 0 Å². The molecule has 1 aromatic carbocycles. The third kappa shape index (κ3) is 3.13. The second-order valence-electron chi connectivity index (χ2n) is 5.81. The van der Waals surface area contributed by atoms with Crippen molar-refractivity contribution in [3.63, 3.8) is 0 Å². The van der Waals surface area contributed by atoms with Crippen molar-refractivity contribution in [2.45, 2.75) is 37.3 Å². The molecule has 0 radical (unpaired) electrons. The second kappa shape index (κ2) is 6.30. The van der Waals surface area contributed by atoms with Gasteiger partial charge in [-0.2, -0.15) is 0 Å². The van der Waals surface area contributed by atoms with E-state index in [0.29, 0.717) is 25.1 Å². The molecule has 0 unspecified atom stereocenters. The number of benzene rings is 1. The third-order valence-electron chi connectivity index (χ3n) is 3.96. The van der Waals surface area contributed by atoms with Gasteiger partial charge < -0.3 is 15.0 Å². The number of anilines is 1. The first kappa shape index (κ1) is 15.4. The van der Waals surface area contributed by atoms with Gasteiger partial charge >= 0.3 is 0 Å². The molecule has 1 fully saturated rings. The number of amides is 2. The van der Waals surface area contributed by atoms with E-state index in [4.69, 9.17) is 4.74 Å². The number of carbonyl (C=O) groups excluding carboxylic acids is 2. The van der Waals surface area contributed by atoms with Gasteiger partial charge in [-0.15, -0.1) is 11.8 Å². The molecule has 5 nitrogen and oxygen atoms in total. The van der Waals surface area contributed by atoms with Gasteiger partial charge in [0.15, 0.2) is 0 Å². The Morgan fingerprint density at radius 2 is 2.23 bits per heavy atom. The van der Waals surface area contributed by atoms with E-state index in [0.717, 1.165) is 16.3 Å². The lowest BCUT2D eigenvalue weighted by molar-refractivity contribution is -0.115. The molecule has 0 saturated carbocycles. The molecule has 2 aliphatic rings. The molecule has 6 heteroatoms. The van der Waals surface area contributed by atoms with Crippen LogP contribution in [0.3, 0.4) is 0 Å². The van der Waals surface area contributed by atoms with E-state index in [-0.39, 0.29) is 24.0 Å². The highest BCUT2D eigenvalue weighted by Gasteiger charge is 2.28. The number of rotatable bonds is 1. The minimum Gasteiger partial charge on any atom is -0.375 e. The van der Waals surface area contributed by atoms with Crippen LogP contribution in [0.1, 0.15) is 30.6 Å². The fourth-order valence-corrected chi connectivity index (χ4v) is 3.64. The van der Waals surface area contributed by atoms with Gasteiger partial charge in [0, 0.05) is 29.2 Å². The Hall–Kier alpha value is -1.53. The highest BCUT2D eigenvalue weighted by atomic mass is 32.2. The summed E-state index contributed by atoms with van der Waals surface area (Å²) in [5.41, 5.74) is 1.36. The monoisotopic (exact) mass is 320 g/mol. The van der Waals surface area contributed by atoms with Crippen molar-refractivity contribution >= 4 is 29.3 Å². The van der Waals surface area contributed by atoms with E-state index < -0.39 is 0 Å². The summed E-state index contributed by atoms with van der Waals surface area (Å²) in [6, 6.07) is 5.62. The van der Waals surface area contributed by atoms with Crippen molar-refractivity contribution in [2.24, 2.45) is 0 Å². The Labute approximate surface area is 134 Å². The molecule has 3 rings (SSSR count). The average molecular weight is 320 g/mol. The van der Waals surface area contributed by atoms with E-state index in [1.807, 2.05) is 30.9 Å². The number of carbonyl (C=O) groups is 2.